The number of carbonyl (C=O) groups excluding carboxylic acids is 1. The predicted molar refractivity (Wildman–Crippen MR) is 54.6 cm³/mol. The molecule has 0 unspecified atom stereocenters. The van der Waals surface area contributed by atoms with Crippen molar-refractivity contribution in [2.75, 3.05) is 0 Å². The molecule has 0 aliphatic rings. The zero-order valence-corrected chi connectivity index (χ0v) is 8.45. The lowest BCUT2D eigenvalue weighted by atomic mass is 10.2. The summed E-state index contributed by atoms with van der Waals surface area (Å²) in [5, 5.41) is 0.599. The molecule has 0 spiro atoms. The van der Waals surface area contributed by atoms with Gasteiger partial charge in [-0.05, 0) is 19.1 Å². The first kappa shape index (κ1) is 9.21. The van der Waals surface area contributed by atoms with Crippen molar-refractivity contribution in [2.24, 2.45) is 0 Å². The highest BCUT2D eigenvalue weighted by molar-refractivity contribution is 6.33. The van der Waals surface area contributed by atoms with Crippen molar-refractivity contribution in [3.05, 3.63) is 35.2 Å². The summed E-state index contributed by atoms with van der Waals surface area (Å²) in [6, 6.07) is 3.62. The van der Waals surface area contributed by atoms with Gasteiger partial charge in [-0.2, -0.15) is 0 Å². The van der Waals surface area contributed by atoms with Crippen molar-refractivity contribution in [3.63, 3.8) is 0 Å². The predicted octanol–water partition coefficient (Wildman–Crippen LogP) is 2.12. The molecule has 0 aliphatic carbocycles. The van der Waals surface area contributed by atoms with Crippen LogP contribution in [0.2, 0.25) is 5.02 Å². The maximum absolute atomic E-state index is 10.9. The number of rotatable bonds is 2. The number of nitrogens with zero attached hydrogens (tertiary/aromatic N) is 2. The van der Waals surface area contributed by atoms with Gasteiger partial charge in [-0.15, -0.1) is 0 Å². The van der Waals surface area contributed by atoms with E-state index < -0.39 is 0 Å². The van der Waals surface area contributed by atoms with E-state index in [1.165, 1.54) is 0 Å². The van der Waals surface area contributed by atoms with Gasteiger partial charge in [-0.1, -0.05) is 11.6 Å². The van der Waals surface area contributed by atoms with Crippen LogP contribution in [0.3, 0.4) is 0 Å². The van der Waals surface area contributed by atoms with Crippen LogP contribution in [-0.4, -0.2) is 15.2 Å². The molecule has 0 aliphatic heterocycles. The van der Waals surface area contributed by atoms with E-state index in [1.807, 2.05) is 22.9 Å². The Hall–Kier alpha value is -1.35. The lowest BCUT2D eigenvalue weighted by Gasteiger charge is -1.92. The Balaban J connectivity index is 2.51. The van der Waals surface area contributed by atoms with Crippen LogP contribution in [0.15, 0.2) is 24.5 Å². The summed E-state index contributed by atoms with van der Waals surface area (Å²) in [5.74, 6) is 0.101. The lowest BCUT2D eigenvalue weighted by molar-refractivity contribution is -0.116. The molecule has 0 amide bonds. The Bertz CT molecular complexity index is 490. The van der Waals surface area contributed by atoms with E-state index in [4.69, 9.17) is 11.6 Å². The first-order valence-electron chi connectivity index (χ1n) is 4.28. The number of Topliss-reactive ketones (excluding diaryl/α,β-unsaturated/α-hetero) is 1. The normalized spacial score (nSPS) is 10.7. The second kappa shape index (κ2) is 3.42. The maximum atomic E-state index is 10.9. The van der Waals surface area contributed by atoms with Crippen molar-refractivity contribution in [3.8, 4) is 0 Å². The first-order chi connectivity index (χ1) is 6.66. The van der Waals surface area contributed by atoms with Crippen LogP contribution in [0.5, 0.6) is 0 Å². The van der Waals surface area contributed by atoms with Crippen LogP contribution in [-0.2, 0) is 11.2 Å². The van der Waals surface area contributed by atoms with Crippen molar-refractivity contribution < 1.29 is 4.79 Å². The zero-order valence-electron chi connectivity index (χ0n) is 7.70. The van der Waals surface area contributed by atoms with Gasteiger partial charge < -0.3 is 4.40 Å². The molecule has 14 heavy (non-hydrogen) atoms. The Morgan fingerprint density at radius 3 is 3.07 bits per heavy atom. The van der Waals surface area contributed by atoms with E-state index in [0.29, 0.717) is 17.1 Å². The molecular formula is C10H9ClN2O. The van der Waals surface area contributed by atoms with E-state index in [2.05, 4.69) is 4.98 Å². The molecule has 2 aromatic heterocycles. The largest absolute Gasteiger partial charge is 0.306 e. The topological polar surface area (TPSA) is 34.4 Å². The highest BCUT2D eigenvalue weighted by Crippen LogP contribution is 2.16. The Morgan fingerprint density at radius 2 is 2.43 bits per heavy atom. The quantitative estimate of drug-likeness (QED) is 0.758. The number of hydrogen-bond acceptors (Lipinski definition) is 2. The molecule has 0 atom stereocenters. The Morgan fingerprint density at radius 1 is 1.64 bits per heavy atom. The molecule has 72 valence electrons. The molecule has 0 N–H and O–H groups in total. The minimum atomic E-state index is 0.101. The van der Waals surface area contributed by atoms with Crippen LogP contribution >= 0.6 is 11.6 Å². The molecule has 2 rings (SSSR count). The number of carbonyl (C=O) groups is 1. The summed E-state index contributed by atoms with van der Waals surface area (Å²) in [7, 11) is 0. The molecule has 0 saturated carbocycles. The fourth-order valence-corrected chi connectivity index (χ4v) is 1.58. The van der Waals surface area contributed by atoms with Crippen LogP contribution in [0.1, 0.15) is 12.6 Å². The molecule has 0 radical (unpaired) electrons. The smallest absolute Gasteiger partial charge is 0.155 e. The molecule has 3 nitrogen and oxygen atoms in total. The van der Waals surface area contributed by atoms with Crippen molar-refractivity contribution >= 4 is 23.0 Å². The average Bonchev–Trinajstić information content (AvgIpc) is 2.47. The van der Waals surface area contributed by atoms with Gasteiger partial charge in [0.2, 0.25) is 0 Å². The van der Waals surface area contributed by atoms with Gasteiger partial charge in [0.1, 0.15) is 5.78 Å². The van der Waals surface area contributed by atoms with Gasteiger partial charge in [0, 0.05) is 18.8 Å². The average molecular weight is 209 g/mol. The van der Waals surface area contributed by atoms with Gasteiger partial charge in [0.25, 0.3) is 0 Å². The second-order valence-corrected chi connectivity index (χ2v) is 3.61. The van der Waals surface area contributed by atoms with Gasteiger partial charge in [0.15, 0.2) is 5.65 Å². The third-order valence-electron chi connectivity index (χ3n) is 1.92. The third-order valence-corrected chi connectivity index (χ3v) is 2.21. The summed E-state index contributed by atoms with van der Waals surface area (Å²) in [6.07, 6.45) is 4.04. The maximum Gasteiger partial charge on any atom is 0.155 e. The second-order valence-electron chi connectivity index (χ2n) is 3.20. The van der Waals surface area contributed by atoms with Crippen LogP contribution in [0.4, 0.5) is 0 Å². The molecule has 0 aromatic carbocycles. The van der Waals surface area contributed by atoms with Gasteiger partial charge in [-0.25, -0.2) is 4.98 Å². The molecule has 0 saturated heterocycles. The molecule has 0 bridgehead atoms. The van der Waals surface area contributed by atoms with Crippen LogP contribution in [0, 0.1) is 0 Å². The number of fused-ring (bicyclic) bond motifs is 1. The summed E-state index contributed by atoms with van der Waals surface area (Å²) < 4.78 is 1.82. The van der Waals surface area contributed by atoms with E-state index in [0.717, 1.165) is 5.69 Å². The number of pyridine rings is 1. The summed E-state index contributed by atoms with van der Waals surface area (Å²) in [4.78, 5) is 15.2. The van der Waals surface area contributed by atoms with E-state index >= 15 is 0 Å². The third kappa shape index (κ3) is 1.63. The summed E-state index contributed by atoms with van der Waals surface area (Å²) in [6.45, 7) is 1.55. The standard InChI is InChI=1S/C10H9ClN2O/c1-7(14)5-8-6-13-4-2-3-9(11)10(13)12-8/h2-4,6H,5H2,1H3. The first-order valence-corrected chi connectivity index (χ1v) is 4.66. The van der Waals surface area contributed by atoms with Crippen molar-refractivity contribution in [1.82, 2.24) is 9.38 Å². The highest BCUT2D eigenvalue weighted by atomic mass is 35.5. The van der Waals surface area contributed by atoms with Gasteiger partial charge >= 0.3 is 0 Å². The molecule has 2 aromatic rings. The number of ketones is 1. The fraction of sp³-hybridized carbons (Fsp3) is 0.200. The number of halogens is 1. The number of imidazole rings is 1. The van der Waals surface area contributed by atoms with Gasteiger partial charge in [0.05, 0.1) is 10.7 Å². The van der Waals surface area contributed by atoms with Crippen LogP contribution in [0.25, 0.3) is 5.65 Å². The highest BCUT2D eigenvalue weighted by Gasteiger charge is 2.05. The number of aromatic nitrogens is 2. The van der Waals surface area contributed by atoms with Crippen LogP contribution < -0.4 is 0 Å². The van der Waals surface area contributed by atoms with E-state index in [9.17, 15) is 4.79 Å². The summed E-state index contributed by atoms with van der Waals surface area (Å²) in [5.41, 5.74) is 1.45. The van der Waals surface area contributed by atoms with E-state index in [-0.39, 0.29) is 5.78 Å². The molecule has 2 heterocycles. The zero-order chi connectivity index (χ0) is 10.1. The van der Waals surface area contributed by atoms with Crippen molar-refractivity contribution in [1.29, 1.82) is 0 Å². The summed E-state index contributed by atoms with van der Waals surface area (Å²) >= 11 is 5.94. The molecule has 4 heteroatoms. The Kier molecular flexibility index (Phi) is 2.25. The minimum absolute atomic E-state index is 0.101. The molecule has 0 fully saturated rings. The Labute approximate surface area is 86.3 Å². The SMILES string of the molecule is CC(=O)Cc1cn2cccc(Cl)c2n1. The van der Waals surface area contributed by atoms with E-state index in [1.54, 1.807) is 13.0 Å². The monoisotopic (exact) mass is 208 g/mol. The van der Waals surface area contributed by atoms with Crippen molar-refractivity contribution in [2.45, 2.75) is 13.3 Å². The fourth-order valence-electron chi connectivity index (χ4n) is 1.37. The van der Waals surface area contributed by atoms with Gasteiger partial charge in [-0.3, -0.25) is 4.79 Å². The minimum Gasteiger partial charge on any atom is -0.306 e. The molecular weight excluding hydrogens is 200 g/mol. The number of hydrogen-bond donors (Lipinski definition) is 0. The lowest BCUT2D eigenvalue weighted by Crippen LogP contribution is -1.95.